The molecule has 2 aliphatic rings. The van der Waals surface area contributed by atoms with Gasteiger partial charge in [0.05, 0.1) is 19.5 Å². The van der Waals surface area contributed by atoms with Crippen molar-refractivity contribution in [3.8, 4) is 0 Å². The molecule has 152 valence electrons. The van der Waals surface area contributed by atoms with Crippen LogP contribution in [0.1, 0.15) is 31.4 Å². The van der Waals surface area contributed by atoms with Gasteiger partial charge in [0.1, 0.15) is 5.76 Å². The maximum Gasteiger partial charge on any atom is 0.191 e. The van der Waals surface area contributed by atoms with E-state index in [2.05, 4.69) is 21.8 Å². The summed E-state index contributed by atoms with van der Waals surface area (Å²) in [7, 11) is 0. The van der Waals surface area contributed by atoms with Crippen molar-refractivity contribution >= 4 is 17.7 Å². The Morgan fingerprint density at radius 2 is 2.22 bits per heavy atom. The van der Waals surface area contributed by atoms with Gasteiger partial charge in [0.15, 0.2) is 5.96 Å². The maximum atomic E-state index is 5.42. The summed E-state index contributed by atoms with van der Waals surface area (Å²) < 4.78 is 10.8. The van der Waals surface area contributed by atoms with E-state index in [0.717, 1.165) is 75.7 Å². The molecule has 2 fully saturated rings. The summed E-state index contributed by atoms with van der Waals surface area (Å²) in [5.74, 6) is 1.97. The second-order valence-corrected chi connectivity index (χ2v) is 8.44. The maximum absolute atomic E-state index is 5.42. The van der Waals surface area contributed by atoms with Crippen molar-refractivity contribution in [2.45, 2.75) is 43.4 Å². The van der Waals surface area contributed by atoms with Crippen LogP contribution in [0.15, 0.2) is 27.8 Å². The second kappa shape index (κ2) is 11.6. The van der Waals surface area contributed by atoms with E-state index in [1.165, 1.54) is 19.3 Å². The minimum Gasteiger partial charge on any atom is -0.469 e. The monoisotopic (exact) mass is 394 g/mol. The number of nitrogens with zero attached hydrogens (tertiary/aromatic N) is 2. The number of furan rings is 1. The molecule has 0 spiro atoms. The molecule has 1 aliphatic heterocycles. The minimum absolute atomic E-state index is 0.538. The second-order valence-electron chi connectivity index (χ2n) is 7.31. The van der Waals surface area contributed by atoms with Gasteiger partial charge in [-0.25, -0.2) is 0 Å². The number of morpholine rings is 1. The molecule has 0 amide bonds. The van der Waals surface area contributed by atoms with Crippen LogP contribution in [0.5, 0.6) is 0 Å². The number of hydrogen-bond acceptors (Lipinski definition) is 5. The molecule has 6 nitrogen and oxygen atoms in total. The molecular weight excluding hydrogens is 360 g/mol. The minimum atomic E-state index is 0.538. The van der Waals surface area contributed by atoms with Crippen molar-refractivity contribution in [2.75, 3.05) is 52.2 Å². The molecule has 0 aromatic carbocycles. The zero-order valence-corrected chi connectivity index (χ0v) is 17.3. The van der Waals surface area contributed by atoms with Crippen LogP contribution in [0, 0.1) is 0 Å². The molecule has 27 heavy (non-hydrogen) atoms. The smallest absolute Gasteiger partial charge is 0.191 e. The molecule has 0 bridgehead atoms. The summed E-state index contributed by atoms with van der Waals surface area (Å²) in [6.45, 7) is 6.62. The highest BCUT2D eigenvalue weighted by Crippen LogP contribution is 2.28. The summed E-state index contributed by atoms with van der Waals surface area (Å²) in [5, 5.41) is 7.94. The van der Waals surface area contributed by atoms with E-state index in [4.69, 9.17) is 14.1 Å². The highest BCUT2D eigenvalue weighted by atomic mass is 32.2. The van der Waals surface area contributed by atoms with Gasteiger partial charge >= 0.3 is 0 Å². The Hall–Kier alpha value is -1.18. The first-order chi connectivity index (χ1) is 13.3. The van der Waals surface area contributed by atoms with Crippen molar-refractivity contribution in [3.63, 3.8) is 0 Å². The van der Waals surface area contributed by atoms with Crippen LogP contribution in [-0.4, -0.2) is 74.3 Å². The van der Waals surface area contributed by atoms with Crippen LogP contribution >= 0.6 is 11.8 Å². The molecule has 2 unspecified atom stereocenters. The normalized spacial score (nSPS) is 24.3. The van der Waals surface area contributed by atoms with E-state index < -0.39 is 0 Å². The molecular formula is C20H34N4O2S. The third-order valence-corrected chi connectivity index (χ3v) is 6.40. The fraction of sp³-hybridized carbons (Fsp3) is 0.750. The van der Waals surface area contributed by atoms with Gasteiger partial charge in [-0.05, 0) is 44.1 Å². The van der Waals surface area contributed by atoms with Gasteiger partial charge in [0, 0.05) is 50.4 Å². The number of nitrogens with one attached hydrogen (secondary N) is 2. The lowest BCUT2D eigenvalue weighted by molar-refractivity contribution is 0.0377. The summed E-state index contributed by atoms with van der Waals surface area (Å²) >= 11 is 1.99. The largest absolute Gasteiger partial charge is 0.469 e. The zero-order chi connectivity index (χ0) is 18.7. The molecule has 3 rings (SSSR count). The molecule has 1 aromatic heterocycles. The van der Waals surface area contributed by atoms with Crippen LogP contribution in [-0.2, 0) is 11.2 Å². The van der Waals surface area contributed by atoms with Gasteiger partial charge in [-0.15, -0.1) is 0 Å². The standard InChI is InChI=1S/C20H34N4O2S/c1-27-19-6-5-17(16-19)23-20(22-9-7-18-4-2-13-26-18)21-8-3-10-24-11-14-25-15-12-24/h2,4,13,17,19H,3,5-12,14-16H2,1H3,(H2,21,22,23). The molecule has 2 heterocycles. The van der Waals surface area contributed by atoms with Crippen molar-refractivity contribution < 1.29 is 9.15 Å². The van der Waals surface area contributed by atoms with Crippen molar-refractivity contribution in [2.24, 2.45) is 4.99 Å². The van der Waals surface area contributed by atoms with E-state index in [-0.39, 0.29) is 0 Å². The van der Waals surface area contributed by atoms with Crippen molar-refractivity contribution in [1.29, 1.82) is 0 Å². The van der Waals surface area contributed by atoms with Gasteiger partial charge in [-0.1, -0.05) is 0 Å². The lowest BCUT2D eigenvalue weighted by Crippen LogP contribution is -2.43. The summed E-state index contributed by atoms with van der Waals surface area (Å²) in [6.07, 6.45) is 9.68. The molecule has 2 atom stereocenters. The predicted molar refractivity (Wildman–Crippen MR) is 113 cm³/mol. The molecule has 0 radical (unpaired) electrons. The molecule has 1 saturated heterocycles. The third-order valence-electron chi connectivity index (χ3n) is 5.31. The van der Waals surface area contributed by atoms with E-state index in [1.807, 2.05) is 23.9 Å². The lowest BCUT2D eigenvalue weighted by Gasteiger charge is -2.26. The SMILES string of the molecule is CSC1CCC(NC(=NCCCN2CCOCC2)NCCc2ccco2)C1. The van der Waals surface area contributed by atoms with Crippen LogP contribution < -0.4 is 10.6 Å². The number of thioether (sulfide) groups is 1. The Kier molecular flexibility index (Phi) is 8.84. The molecule has 1 aromatic rings. The van der Waals surface area contributed by atoms with E-state index in [0.29, 0.717) is 6.04 Å². The van der Waals surface area contributed by atoms with Gasteiger partial charge in [0.25, 0.3) is 0 Å². The van der Waals surface area contributed by atoms with E-state index in [9.17, 15) is 0 Å². The average molecular weight is 395 g/mol. The molecule has 1 aliphatic carbocycles. The first kappa shape index (κ1) is 20.6. The zero-order valence-electron chi connectivity index (χ0n) is 16.5. The van der Waals surface area contributed by atoms with Gasteiger partial charge < -0.3 is 19.8 Å². The van der Waals surface area contributed by atoms with Crippen molar-refractivity contribution in [3.05, 3.63) is 24.2 Å². The summed E-state index contributed by atoms with van der Waals surface area (Å²) in [4.78, 5) is 7.31. The van der Waals surface area contributed by atoms with E-state index in [1.54, 1.807) is 6.26 Å². The first-order valence-electron chi connectivity index (χ1n) is 10.2. The quantitative estimate of drug-likeness (QED) is 0.381. The van der Waals surface area contributed by atoms with Crippen LogP contribution in [0.3, 0.4) is 0 Å². The van der Waals surface area contributed by atoms with E-state index >= 15 is 0 Å². The molecule has 2 N–H and O–H groups in total. The first-order valence-corrected chi connectivity index (χ1v) is 11.5. The van der Waals surface area contributed by atoms with Crippen LogP contribution in [0.4, 0.5) is 0 Å². The predicted octanol–water partition coefficient (Wildman–Crippen LogP) is 2.36. The third kappa shape index (κ3) is 7.39. The Balaban J connectivity index is 1.43. The highest BCUT2D eigenvalue weighted by molar-refractivity contribution is 7.99. The highest BCUT2D eigenvalue weighted by Gasteiger charge is 2.24. The number of ether oxygens (including phenoxy) is 1. The Labute approximate surface area is 167 Å². The number of rotatable bonds is 9. The molecule has 7 heteroatoms. The summed E-state index contributed by atoms with van der Waals surface area (Å²) in [6, 6.07) is 4.50. The fourth-order valence-electron chi connectivity index (χ4n) is 3.70. The lowest BCUT2D eigenvalue weighted by atomic mass is 10.2. The Morgan fingerprint density at radius 1 is 1.33 bits per heavy atom. The Bertz CT molecular complexity index is 546. The van der Waals surface area contributed by atoms with Gasteiger partial charge in [-0.2, -0.15) is 11.8 Å². The van der Waals surface area contributed by atoms with Crippen LogP contribution in [0.25, 0.3) is 0 Å². The number of guanidine groups is 1. The average Bonchev–Trinajstić information content (AvgIpc) is 3.37. The fourth-order valence-corrected chi connectivity index (χ4v) is 4.50. The van der Waals surface area contributed by atoms with Crippen molar-refractivity contribution in [1.82, 2.24) is 15.5 Å². The Morgan fingerprint density at radius 3 is 2.96 bits per heavy atom. The summed E-state index contributed by atoms with van der Waals surface area (Å²) in [5.41, 5.74) is 0. The number of aliphatic imine (C=N–C) groups is 1. The van der Waals surface area contributed by atoms with Gasteiger partial charge in [-0.3, -0.25) is 9.89 Å². The molecule has 1 saturated carbocycles. The van der Waals surface area contributed by atoms with Gasteiger partial charge in [0.2, 0.25) is 0 Å². The van der Waals surface area contributed by atoms with Crippen LogP contribution in [0.2, 0.25) is 0 Å². The topological polar surface area (TPSA) is 62.0 Å². The number of hydrogen-bond donors (Lipinski definition) is 2.